The molecule has 0 radical (unpaired) electrons. The van der Waals surface area contributed by atoms with Gasteiger partial charge in [0.2, 0.25) is 5.89 Å². The molecule has 2 amide bonds. The highest BCUT2D eigenvalue weighted by atomic mass is 35.5. The van der Waals surface area contributed by atoms with Crippen molar-refractivity contribution in [1.29, 1.82) is 0 Å². The average Bonchev–Trinajstić information content (AvgIpc) is 3.44. The van der Waals surface area contributed by atoms with Crippen LogP contribution in [0.3, 0.4) is 0 Å². The zero-order chi connectivity index (χ0) is 23.7. The molecule has 34 heavy (non-hydrogen) atoms. The van der Waals surface area contributed by atoms with Crippen molar-refractivity contribution >= 4 is 56.5 Å². The summed E-state index contributed by atoms with van der Waals surface area (Å²) in [5, 5.41) is 14.5. The van der Waals surface area contributed by atoms with Gasteiger partial charge >= 0.3 is 6.01 Å². The standard InChI is InChI=1S/C25H17ClN4O3S/c1-14-10-11-18-19(12-14)34-21(20(18)26)23(32)27-17-9-5-8-16(13-17)22(31)28-25-30-29-24(33-25)15-6-3-2-4-7-15/h2-13H,1H3,(H,27,32)(H,28,30,31). The first-order valence-corrected chi connectivity index (χ1v) is 11.5. The molecule has 0 fully saturated rings. The topological polar surface area (TPSA) is 97.1 Å². The van der Waals surface area contributed by atoms with Crippen LogP contribution in [0.25, 0.3) is 21.5 Å². The summed E-state index contributed by atoms with van der Waals surface area (Å²) in [5.74, 6) is -0.493. The van der Waals surface area contributed by atoms with Gasteiger partial charge in [0.1, 0.15) is 4.88 Å². The van der Waals surface area contributed by atoms with Crippen LogP contribution in [-0.2, 0) is 0 Å². The first kappa shape index (κ1) is 21.8. The van der Waals surface area contributed by atoms with E-state index < -0.39 is 5.91 Å². The van der Waals surface area contributed by atoms with Gasteiger partial charge in [-0.3, -0.25) is 14.9 Å². The van der Waals surface area contributed by atoms with Crippen LogP contribution in [0, 0.1) is 6.92 Å². The van der Waals surface area contributed by atoms with Crippen molar-refractivity contribution in [3.8, 4) is 11.5 Å². The van der Waals surface area contributed by atoms with Gasteiger partial charge in [-0.25, -0.2) is 0 Å². The Morgan fingerprint density at radius 1 is 0.912 bits per heavy atom. The molecular formula is C25H17ClN4O3S. The summed E-state index contributed by atoms with van der Waals surface area (Å²) in [4.78, 5) is 26.0. The van der Waals surface area contributed by atoms with Crippen molar-refractivity contribution in [1.82, 2.24) is 10.2 Å². The average molecular weight is 489 g/mol. The van der Waals surface area contributed by atoms with Crippen LogP contribution in [0.2, 0.25) is 5.02 Å². The van der Waals surface area contributed by atoms with Crippen molar-refractivity contribution in [3.63, 3.8) is 0 Å². The van der Waals surface area contributed by atoms with E-state index in [2.05, 4.69) is 20.8 Å². The van der Waals surface area contributed by atoms with Crippen LogP contribution in [0.1, 0.15) is 25.6 Å². The van der Waals surface area contributed by atoms with Gasteiger partial charge < -0.3 is 9.73 Å². The quantitative estimate of drug-likeness (QED) is 0.297. The van der Waals surface area contributed by atoms with Crippen molar-refractivity contribution in [2.24, 2.45) is 0 Å². The van der Waals surface area contributed by atoms with E-state index in [1.165, 1.54) is 11.3 Å². The van der Waals surface area contributed by atoms with E-state index in [-0.39, 0.29) is 11.9 Å². The lowest BCUT2D eigenvalue weighted by Gasteiger charge is -2.06. The molecule has 2 N–H and O–H groups in total. The Hall–Kier alpha value is -4.01. The number of rotatable bonds is 5. The fourth-order valence-electron chi connectivity index (χ4n) is 3.38. The monoisotopic (exact) mass is 488 g/mol. The van der Waals surface area contributed by atoms with E-state index in [0.29, 0.717) is 27.0 Å². The predicted octanol–water partition coefficient (Wildman–Crippen LogP) is 6.42. The molecule has 9 heteroatoms. The second-order valence-corrected chi connectivity index (χ2v) is 8.94. The highest BCUT2D eigenvalue weighted by Gasteiger charge is 2.18. The number of benzene rings is 3. The molecule has 0 bridgehead atoms. The van der Waals surface area contributed by atoms with E-state index in [1.807, 2.05) is 55.5 Å². The van der Waals surface area contributed by atoms with Gasteiger partial charge in [0.25, 0.3) is 11.8 Å². The largest absolute Gasteiger partial charge is 0.403 e. The van der Waals surface area contributed by atoms with Gasteiger partial charge in [-0.1, -0.05) is 53.1 Å². The van der Waals surface area contributed by atoms with E-state index in [1.54, 1.807) is 24.3 Å². The molecular weight excluding hydrogens is 472 g/mol. The van der Waals surface area contributed by atoms with Crippen LogP contribution < -0.4 is 10.6 Å². The fourth-order valence-corrected chi connectivity index (χ4v) is 4.90. The van der Waals surface area contributed by atoms with Gasteiger partial charge in [0, 0.05) is 26.9 Å². The number of fused-ring (bicyclic) bond motifs is 1. The van der Waals surface area contributed by atoms with E-state index >= 15 is 0 Å². The Kier molecular flexibility index (Phi) is 5.83. The summed E-state index contributed by atoms with van der Waals surface area (Å²) >= 11 is 7.78. The molecule has 5 aromatic rings. The van der Waals surface area contributed by atoms with Crippen molar-refractivity contribution < 1.29 is 14.0 Å². The summed E-state index contributed by atoms with van der Waals surface area (Å²) in [6.45, 7) is 1.99. The third kappa shape index (κ3) is 4.41. The molecule has 0 aliphatic heterocycles. The maximum Gasteiger partial charge on any atom is 0.322 e. The van der Waals surface area contributed by atoms with Crippen LogP contribution in [0.4, 0.5) is 11.7 Å². The summed E-state index contributed by atoms with van der Waals surface area (Å²) in [5.41, 5.74) is 2.61. The SMILES string of the molecule is Cc1ccc2c(Cl)c(C(=O)Nc3cccc(C(=O)Nc4nnc(-c5ccccc5)o4)c3)sc2c1. The number of halogens is 1. The predicted molar refractivity (Wildman–Crippen MR) is 134 cm³/mol. The Morgan fingerprint density at radius 2 is 1.74 bits per heavy atom. The number of hydrogen-bond donors (Lipinski definition) is 2. The van der Waals surface area contributed by atoms with Gasteiger partial charge in [-0.15, -0.1) is 16.4 Å². The molecule has 3 aromatic carbocycles. The molecule has 0 spiro atoms. The number of amides is 2. The molecule has 0 aliphatic carbocycles. The van der Waals surface area contributed by atoms with Crippen LogP contribution in [-0.4, -0.2) is 22.0 Å². The smallest absolute Gasteiger partial charge is 0.322 e. The normalized spacial score (nSPS) is 10.9. The maximum absolute atomic E-state index is 12.9. The second-order valence-electron chi connectivity index (χ2n) is 7.51. The highest BCUT2D eigenvalue weighted by Crippen LogP contribution is 2.36. The first-order valence-electron chi connectivity index (χ1n) is 10.3. The van der Waals surface area contributed by atoms with Crippen molar-refractivity contribution in [2.45, 2.75) is 6.92 Å². The molecule has 7 nitrogen and oxygen atoms in total. The van der Waals surface area contributed by atoms with Crippen LogP contribution >= 0.6 is 22.9 Å². The number of carbonyl (C=O) groups is 2. The minimum absolute atomic E-state index is 0.0226. The molecule has 0 saturated heterocycles. The zero-order valence-corrected chi connectivity index (χ0v) is 19.4. The molecule has 0 unspecified atom stereocenters. The lowest BCUT2D eigenvalue weighted by Crippen LogP contribution is -2.14. The molecule has 0 atom stereocenters. The fraction of sp³-hybridized carbons (Fsp3) is 0.0400. The number of nitrogens with zero attached hydrogens (tertiary/aromatic N) is 2. The van der Waals surface area contributed by atoms with Crippen molar-refractivity contribution in [2.75, 3.05) is 10.6 Å². The second kappa shape index (κ2) is 9.09. The highest BCUT2D eigenvalue weighted by molar-refractivity contribution is 7.21. The summed E-state index contributed by atoms with van der Waals surface area (Å²) in [6, 6.07) is 21.6. The molecule has 5 rings (SSSR count). The number of hydrogen-bond acceptors (Lipinski definition) is 6. The Morgan fingerprint density at radius 3 is 2.56 bits per heavy atom. The number of carbonyl (C=O) groups excluding carboxylic acids is 2. The van der Waals surface area contributed by atoms with Gasteiger partial charge in [-0.05, 0) is 48.9 Å². The minimum Gasteiger partial charge on any atom is -0.403 e. The molecule has 0 saturated carbocycles. The molecule has 168 valence electrons. The number of thiophene rings is 1. The summed E-state index contributed by atoms with van der Waals surface area (Å²) < 4.78 is 6.47. The van der Waals surface area contributed by atoms with Crippen LogP contribution in [0.5, 0.6) is 0 Å². The third-order valence-electron chi connectivity index (χ3n) is 5.04. The molecule has 0 aliphatic rings. The van der Waals surface area contributed by atoms with Gasteiger partial charge in [0.05, 0.1) is 5.02 Å². The number of aryl methyl sites for hydroxylation is 1. The lowest BCUT2D eigenvalue weighted by molar-refractivity contribution is 0.101. The lowest BCUT2D eigenvalue weighted by atomic mass is 10.2. The minimum atomic E-state index is -0.449. The van der Waals surface area contributed by atoms with Gasteiger partial charge in [0.15, 0.2) is 0 Å². The van der Waals surface area contributed by atoms with E-state index in [4.69, 9.17) is 16.0 Å². The maximum atomic E-state index is 12.9. The van der Waals surface area contributed by atoms with E-state index in [0.717, 1.165) is 21.2 Å². The summed E-state index contributed by atoms with van der Waals surface area (Å²) in [7, 11) is 0. The molecule has 2 aromatic heterocycles. The van der Waals surface area contributed by atoms with Crippen molar-refractivity contribution in [3.05, 3.63) is 93.8 Å². The number of anilines is 2. The van der Waals surface area contributed by atoms with Crippen LogP contribution in [0.15, 0.2) is 77.2 Å². The Balaban J connectivity index is 1.31. The number of nitrogens with one attached hydrogen (secondary N) is 2. The third-order valence-corrected chi connectivity index (χ3v) is 6.70. The first-order chi connectivity index (χ1) is 16.5. The van der Waals surface area contributed by atoms with E-state index in [9.17, 15) is 9.59 Å². The van der Waals surface area contributed by atoms with Gasteiger partial charge in [-0.2, -0.15) is 0 Å². The Bertz CT molecular complexity index is 1530. The summed E-state index contributed by atoms with van der Waals surface area (Å²) in [6.07, 6.45) is 0. The number of aromatic nitrogens is 2. The molecule has 2 heterocycles. The Labute approximate surface area is 203 Å². The zero-order valence-electron chi connectivity index (χ0n) is 17.8.